The Hall–Kier alpha value is -0.850. The lowest BCUT2D eigenvalue weighted by Gasteiger charge is -2.35. The third kappa shape index (κ3) is 7.80. The van der Waals surface area contributed by atoms with Crippen LogP contribution in [0.5, 0.6) is 0 Å². The van der Waals surface area contributed by atoms with E-state index < -0.39 is 0 Å². The van der Waals surface area contributed by atoms with Crippen LogP contribution in [-0.2, 0) is 0 Å². The molecule has 0 saturated carbocycles. The van der Waals surface area contributed by atoms with E-state index in [1.807, 2.05) is 0 Å². The molecule has 0 aromatic rings. The highest BCUT2D eigenvalue weighted by Crippen LogP contribution is 2.12. The smallest absolute Gasteiger partial charge is 0.191 e. The lowest BCUT2D eigenvalue weighted by atomic mass is 10.0. The van der Waals surface area contributed by atoms with Crippen LogP contribution in [0.25, 0.3) is 0 Å². The summed E-state index contributed by atoms with van der Waals surface area (Å²) >= 11 is 0. The molecule has 0 spiro atoms. The Bertz CT molecular complexity index is 403. The number of hydrogen-bond acceptors (Lipinski definition) is 4. The predicted octanol–water partition coefficient (Wildman–Crippen LogP) is 1.44. The molecule has 152 valence electrons. The highest BCUT2D eigenvalue weighted by atomic mass is 15.2. The van der Waals surface area contributed by atoms with Gasteiger partial charge in [0, 0.05) is 51.4 Å². The number of likely N-dealkylation sites (N-methyl/N-ethyl adjacent to an activating group) is 1. The number of nitrogens with zero attached hydrogens (tertiary/aromatic N) is 4. The van der Waals surface area contributed by atoms with E-state index in [1.165, 1.54) is 65.1 Å². The maximum absolute atomic E-state index is 4.83. The zero-order chi connectivity index (χ0) is 18.8. The fourth-order valence-electron chi connectivity index (χ4n) is 3.88. The summed E-state index contributed by atoms with van der Waals surface area (Å²) in [5, 5.41) is 7.09. The van der Waals surface area contributed by atoms with Crippen molar-refractivity contribution in [3.63, 3.8) is 0 Å². The molecule has 0 unspecified atom stereocenters. The van der Waals surface area contributed by atoms with Crippen molar-refractivity contribution < 1.29 is 0 Å². The zero-order valence-corrected chi connectivity index (χ0v) is 17.6. The Morgan fingerprint density at radius 1 is 1.08 bits per heavy atom. The molecular weight excluding hydrogens is 324 g/mol. The third-order valence-corrected chi connectivity index (χ3v) is 5.66. The van der Waals surface area contributed by atoms with Crippen LogP contribution >= 0.6 is 0 Å². The lowest BCUT2D eigenvalue weighted by molar-refractivity contribution is 0.167. The Kier molecular flexibility index (Phi) is 9.72. The first kappa shape index (κ1) is 21.5. The van der Waals surface area contributed by atoms with Gasteiger partial charge in [0.15, 0.2) is 5.96 Å². The van der Waals surface area contributed by atoms with E-state index in [-0.39, 0.29) is 0 Å². The molecule has 0 aromatic carbocycles. The molecule has 0 aromatic heterocycles. The van der Waals surface area contributed by atoms with Crippen LogP contribution in [0.3, 0.4) is 0 Å². The lowest BCUT2D eigenvalue weighted by Crippen LogP contribution is -2.49. The summed E-state index contributed by atoms with van der Waals surface area (Å²) < 4.78 is 0. The normalized spacial score (nSPS) is 22.6. The fourth-order valence-corrected chi connectivity index (χ4v) is 3.88. The maximum atomic E-state index is 4.83. The molecule has 0 amide bonds. The Morgan fingerprint density at radius 3 is 2.54 bits per heavy atom. The van der Waals surface area contributed by atoms with E-state index in [9.17, 15) is 0 Å². The second-order valence-corrected chi connectivity index (χ2v) is 8.16. The maximum Gasteiger partial charge on any atom is 0.191 e. The van der Waals surface area contributed by atoms with Crippen molar-refractivity contribution in [2.75, 3.05) is 66.0 Å². The highest BCUT2D eigenvalue weighted by molar-refractivity contribution is 5.80. The molecule has 0 atom stereocenters. The molecule has 2 fully saturated rings. The average molecular weight is 367 g/mol. The summed E-state index contributed by atoms with van der Waals surface area (Å²) in [6.45, 7) is 17.0. The summed E-state index contributed by atoms with van der Waals surface area (Å²) in [4.78, 5) is 12.4. The van der Waals surface area contributed by atoms with E-state index >= 15 is 0 Å². The van der Waals surface area contributed by atoms with E-state index in [1.54, 1.807) is 0 Å². The summed E-state index contributed by atoms with van der Waals surface area (Å²) in [6, 6.07) is 1.22. The monoisotopic (exact) mass is 366 g/mol. The molecule has 2 aliphatic rings. The van der Waals surface area contributed by atoms with Crippen LogP contribution in [0.1, 0.15) is 46.5 Å². The van der Waals surface area contributed by atoms with Crippen LogP contribution in [0.15, 0.2) is 4.99 Å². The summed E-state index contributed by atoms with van der Waals surface area (Å²) in [5.74, 6) is 1.01. The summed E-state index contributed by atoms with van der Waals surface area (Å²) in [6.07, 6.45) is 4.86. The average Bonchev–Trinajstić information content (AvgIpc) is 2.83. The number of nitrogens with one attached hydrogen (secondary N) is 2. The van der Waals surface area contributed by atoms with E-state index in [0.29, 0.717) is 12.1 Å². The Balaban J connectivity index is 1.69. The molecule has 2 aliphatic heterocycles. The minimum atomic E-state index is 0.559. The van der Waals surface area contributed by atoms with Gasteiger partial charge in [0.25, 0.3) is 0 Å². The molecule has 0 aliphatic carbocycles. The van der Waals surface area contributed by atoms with Crippen molar-refractivity contribution in [1.29, 1.82) is 0 Å². The molecule has 0 radical (unpaired) electrons. The number of piperidine rings is 1. The van der Waals surface area contributed by atoms with Crippen LogP contribution in [0.4, 0.5) is 0 Å². The zero-order valence-electron chi connectivity index (χ0n) is 17.6. The van der Waals surface area contributed by atoms with Crippen LogP contribution in [0, 0.1) is 0 Å². The molecule has 2 rings (SSSR count). The van der Waals surface area contributed by atoms with Crippen molar-refractivity contribution in [2.24, 2.45) is 4.99 Å². The second-order valence-electron chi connectivity index (χ2n) is 8.16. The first-order valence-corrected chi connectivity index (χ1v) is 10.8. The molecule has 2 heterocycles. The molecule has 6 heteroatoms. The number of aliphatic imine (C=N–C) groups is 1. The van der Waals surface area contributed by atoms with Crippen molar-refractivity contribution in [3.8, 4) is 0 Å². The third-order valence-electron chi connectivity index (χ3n) is 5.66. The Labute approximate surface area is 161 Å². The van der Waals surface area contributed by atoms with Gasteiger partial charge in [-0.15, -0.1) is 0 Å². The van der Waals surface area contributed by atoms with E-state index in [4.69, 9.17) is 4.99 Å². The first-order chi connectivity index (χ1) is 12.6. The van der Waals surface area contributed by atoms with Gasteiger partial charge in [-0.3, -0.25) is 4.99 Å². The van der Waals surface area contributed by atoms with E-state index in [0.717, 1.165) is 25.5 Å². The number of hydrogen-bond donors (Lipinski definition) is 2. The van der Waals surface area contributed by atoms with Crippen molar-refractivity contribution in [3.05, 3.63) is 0 Å². The van der Waals surface area contributed by atoms with Crippen LogP contribution in [-0.4, -0.2) is 98.7 Å². The van der Waals surface area contributed by atoms with Gasteiger partial charge in [0.2, 0.25) is 0 Å². The van der Waals surface area contributed by atoms with Crippen molar-refractivity contribution in [1.82, 2.24) is 25.3 Å². The number of guanidine groups is 1. The largest absolute Gasteiger partial charge is 0.357 e. The van der Waals surface area contributed by atoms with Gasteiger partial charge in [-0.1, -0.05) is 0 Å². The SMILES string of the molecule is CCNC(=NCCCN1CCCN(C)CC1)NC1CCN(C(C)C)CC1. The van der Waals surface area contributed by atoms with Gasteiger partial charge in [0.05, 0.1) is 0 Å². The Morgan fingerprint density at radius 2 is 1.85 bits per heavy atom. The highest BCUT2D eigenvalue weighted by Gasteiger charge is 2.21. The van der Waals surface area contributed by atoms with Crippen LogP contribution < -0.4 is 10.6 Å². The van der Waals surface area contributed by atoms with E-state index in [2.05, 4.69) is 53.2 Å². The topological polar surface area (TPSA) is 46.1 Å². The van der Waals surface area contributed by atoms with Gasteiger partial charge in [-0.2, -0.15) is 0 Å². The van der Waals surface area contributed by atoms with Gasteiger partial charge in [-0.05, 0) is 73.1 Å². The molecule has 0 bridgehead atoms. The van der Waals surface area contributed by atoms with Gasteiger partial charge < -0.3 is 25.3 Å². The predicted molar refractivity (Wildman–Crippen MR) is 112 cm³/mol. The second kappa shape index (κ2) is 11.8. The van der Waals surface area contributed by atoms with Gasteiger partial charge in [0.1, 0.15) is 0 Å². The summed E-state index contributed by atoms with van der Waals surface area (Å²) in [5.41, 5.74) is 0. The molecular formula is C20H42N6. The van der Waals surface area contributed by atoms with Gasteiger partial charge in [-0.25, -0.2) is 0 Å². The summed E-state index contributed by atoms with van der Waals surface area (Å²) in [7, 11) is 2.23. The minimum absolute atomic E-state index is 0.559. The molecule has 26 heavy (non-hydrogen) atoms. The van der Waals surface area contributed by atoms with Crippen LogP contribution in [0.2, 0.25) is 0 Å². The minimum Gasteiger partial charge on any atom is -0.357 e. The van der Waals surface area contributed by atoms with Crippen molar-refractivity contribution >= 4 is 5.96 Å². The number of likely N-dealkylation sites (tertiary alicyclic amines) is 1. The first-order valence-electron chi connectivity index (χ1n) is 10.8. The van der Waals surface area contributed by atoms with Gasteiger partial charge >= 0.3 is 0 Å². The number of rotatable bonds is 7. The molecule has 6 nitrogen and oxygen atoms in total. The quantitative estimate of drug-likeness (QED) is 0.406. The fraction of sp³-hybridized carbons (Fsp3) is 0.950. The molecule has 2 saturated heterocycles. The standard InChI is InChI=1S/C20H42N6/c1-5-21-20(23-19-8-14-26(15-9-19)18(2)3)22-10-6-12-25-13-7-11-24(4)16-17-25/h18-19H,5-17H2,1-4H3,(H2,21,22,23). The molecule has 2 N–H and O–H groups in total. The van der Waals surface area contributed by atoms with Crippen molar-refractivity contribution in [2.45, 2.75) is 58.5 Å².